The Balaban J connectivity index is -0.00000000500. The van der Waals surface area contributed by atoms with Gasteiger partial charge in [0.1, 0.15) is 0 Å². The minimum absolute atomic E-state index is 0. The second-order valence-electron chi connectivity index (χ2n) is 0. The molecule has 4 heteroatoms. The van der Waals surface area contributed by atoms with Gasteiger partial charge < -0.3 is 3.52 Å². The van der Waals surface area contributed by atoms with E-state index in [1.807, 2.05) is 0 Å². The van der Waals surface area contributed by atoms with Crippen LogP contribution in [0.1, 0.15) is 0 Å². The first-order chi connectivity index (χ1) is 1.00. The molecule has 0 heterocycles. The van der Waals surface area contributed by atoms with Crippen molar-refractivity contribution in [3.05, 3.63) is 0 Å². The molecule has 0 aliphatic heterocycles. The third kappa shape index (κ3) is 8.85. The van der Waals surface area contributed by atoms with Crippen LogP contribution in [0.25, 0.3) is 0 Å². The molecule has 0 aliphatic rings. The van der Waals surface area contributed by atoms with Gasteiger partial charge in [-0.3, -0.25) is 0 Å². The summed E-state index contributed by atoms with van der Waals surface area (Å²) >= 11 is -0.194. The Morgan fingerprint density at radius 2 is 1.25 bits per heavy atom. The van der Waals surface area contributed by atoms with E-state index in [2.05, 4.69) is 0 Å². The molecule has 0 aliphatic carbocycles. The molecule has 18 valence electrons. The van der Waals surface area contributed by atoms with Crippen LogP contribution in [0.2, 0.25) is 0 Å². The van der Waals surface area contributed by atoms with Gasteiger partial charge in [-0.15, -0.1) is 0 Å². The van der Waals surface area contributed by atoms with Crippen LogP contribution in [-0.2, 0) is 0 Å². The van der Waals surface area contributed by atoms with Gasteiger partial charge in [0.05, 0.1) is 0 Å². The maximum absolute atomic E-state index is 9.64. The van der Waals surface area contributed by atoms with Gasteiger partial charge in [-0.05, 0) is 0 Å². The van der Waals surface area contributed by atoms with Crippen LogP contribution in [0.4, 0.5) is 3.52 Å². The van der Waals surface area contributed by atoms with Crippen LogP contribution < -0.4 is 0 Å². The van der Waals surface area contributed by atoms with E-state index in [4.69, 9.17) is 0 Å². The number of hydrogen-bond acceptors (Lipinski definition) is 0. The van der Waals surface area contributed by atoms with Gasteiger partial charge in [-0.1, -0.05) is 0 Å². The van der Waals surface area contributed by atoms with Crippen molar-refractivity contribution in [2.45, 2.75) is 0 Å². The molecule has 0 atom stereocenters. The monoisotopic (exact) mass is 98.0 g/mol. The van der Waals surface area contributed by atoms with Gasteiger partial charge in [0, 0.05) is 0 Å². The van der Waals surface area contributed by atoms with Gasteiger partial charge in [-0.2, -0.15) is 0 Å². The standard InChI is InChI=1S/Al.Ca.FH.Li.5H/h;;1H;;;;;;/q+1;;;;;;;;/p-1. The zero-order valence-corrected chi connectivity index (χ0v) is 3.38. The molecule has 0 aromatic heterocycles. The fraction of sp³-hybridized carbons (Fsp3) is 0. The summed E-state index contributed by atoms with van der Waals surface area (Å²) in [5, 5.41) is 0. The van der Waals surface area contributed by atoms with Crippen LogP contribution in [0.5, 0.6) is 0 Å². The van der Waals surface area contributed by atoms with Gasteiger partial charge in [0.25, 0.3) is 0 Å². The molecular formula is H5AlCaFLi. The second-order valence-corrected chi connectivity index (χ2v) is 0. The zero-order chi connectivity index (χ0) is 2.00. The summed E-state index contributed by atoms with van der Waals surface area (Å²) in [6.45, 7) is 0. The van der Waals surface area contributed by atoms with E-state index >= 15 is 0 Å². The summed E-state index contributed by atoms with van der Waals surface area (Å²) in [6.07, 6.45) is 0. The van der Waals surface area contributed by atoms with Crippen molar-refractivity contribution in [1.29, 1.82) is 0 Å². The topological polar surface area (TPSA) is 0 Å². The Hall–Kier alpha value is 2.32. The van der Waals surface area contributed by atoms with Crippen LogP contribution in [-0.4, -0.2) is 73.3 Å². The van der Waals surface area contributed by atoms with Gasteiger partial charge in [0.2, 0.25) is 0 Å². The van der Waals surface area contributed by atoms with Crippen molar-refractivity contribution >= 4 is 73.3 Å². The van der Waals surface area contributed by atoms with Crippen molar-refractivity contribution in [2.75, 3.05) is 0 Å². The summed E-state index contributed by atoms with van der Waals surface area (Å²) in [6, 6.07) is 0. The molecule has 4 heavy (non-hydrogen) atoms. The normalized spacial score (nSPS) is 1.25. The number of halogens is 1. The van der Waals surface area contributed by atoms with Crippen molar-refractivity contribution in [1.82, 2.24) is 0 Å². The molecular weight excluding hydrogens is 93.0 g/mol. The molecule has 0 radical (unpaired) electrons. The molecule has 0 bridgehead atoms. The Bertz CT molecular complexity index is 8.00. The molecule has 0 spiro atoms. The fourth-order valence-corrected chi connectivity index (χ4v) is 0. The van der Waals surface area contributed by atoms with E-state index in [0.717, 1.165) is 0 Å². The summed E-state index contributed by atoms with van der Waals surface area (Å²) < 4.78 is 9.64. The van der Waals surface area contributed by atoms with E-state index in [1.54, 1.807) is 0 Å². The van der Waals surface area contributed by atoms with Crippen molar-refractivity contribution < 1.29 is 3.52 Å². The van der Waals surface area contributed by atoms with Crippen molar-refractivity contribution in [3.63, 3.8) is 0 Å². The molecule has 0 N–H and O–H groups in total. The van der Waals surface area contributed by atoms with E-state index in [9.17, 15) is 3.52 Å². The third-order valence-electron chi connectivity index (χ3n) is 0. The van der Waals surface area contributed by atoms with E-state index < -0.39 is 0 Å². The van der Waals surface area contributed by atoms with E-state index in [1.165, 1.54) is 0 Å². The summed E-state index contributed by atoms with van der Waals surface area (Å²) in [5.74, 6) is 0. The third-order valence-corrected chi connectivity index (χ3v) is 0. The first-order valence-electron chi connectivity index (χ1n) is 0.378. The van der Waals surface area contributed by atoms with Crippen molar-refractivity contribution in [2.24, 2.45) is 0 Å². The molecule has 0 amide bonds. The Labute approximate surface area is 75.6 Å². The molecule has 0 aromatic carbocycles. The van der Waals surface area contributed by atoms with Crippen LogP contribution in [0, 0.1) is 0 Å². The molecule has 0 nitrogen and oxygen atoms in total. The Kier molecular flexibility index (Phi) is 74.8. The molecule has 0 saturated carbocycles. The Morgan fingerprint density at radius 1 is 1.25 bits per heavy atom. The fourth-order valence-electron chi connectivity index (χ4n) is 0. The van der Waals surface area contributed by atoms with E-state index in [0.29, 0.717) is 0 Å². The predicted molar refractivity (Wildman–Crippen MR) is 25.3 cm³/mol. The van der Waals surface area contributed by atoms with Crippen LogP contribution in [0.3, 0.4) is 0 Å². The van der Waals surface area contributed by atoms with E-state index in [-0.39, 0.29) is 73.3 Å². The second kappa shape index (κ2) is 18.4. The molecule has 0 aromatic rings. The number of rotatable bonds is 0. The Morgan fingerprint density at radius 3 is 1.25 bits per heavy atom. The zero-order valence-electron chi connectivity index (χ0n) is 1.38. The summed E-state index contributed by atoms with van der Waals surface area (Å²) in [4.78, 5) is 0. The average molecular weight is 98.0 g/mol. The first-order valence-corrected chi connectivity index (χ1v) is 1.13. The molecule has 0 unspecified atom stereocenters. The predicted octanol–water partition coefficient (Wildman–Crippen LogP) is -2.06. The average Bonchev–Trinajstić information content (AvgIpc) is 1.00. The number of hydrogen-bond donors (Lipinski definition) is 0. The minimum atomic E-state index is -0.194. The van der Waals surface area contributed by atoms with Gasteiger partial charge in [0.15, 0.2) is 0 Å². The van der Waals surface area contributed by atoms with Gasteiger partial charge in [-0.25, -0.2) is 0 Å². The van der Waals surface area contributed by atoms with Crippen LogP contribution >= 0.6 is 0 Å². The summed E-state index contributed by atoms with van der Waals surface area (Å²) in [5.41, 5.74) is 0. The summed E-state index contributed by atoms with van der Waals surface area (Å²) in [7, 11) is 0. The van der Waals surface area contributed by atoms with Crippen molar-refractivity contribution in [3.8, 4) is 0 Å². The van der Waals surface area contributed by atoms with Gasteiger partial charge >= 0.3 is 73.3 Å². The quantitative estimate of drug-likeness (QED) is 0.306. The first kappa shape index (κ1) is 16.2. The molecule has 0 saturated heterocycles. The maximum atomic E-state index is 9.64. The molecule has 0 rings (SSSR count). The SMILES string of the molecule is [CaH2].[F][AlH2].[LiH]. The van der Waals surface area contributed by atoms with Crippen LogP contribution in [0.15, 0.2) is 0 Å². The molecule has 0 fully saturated rings.